The number of benzene rings is 2. The molecule has 0 aliphatic rings. The summed E-state index contributed by atoms with van der Waals surface area (Å²) >= 11 is 0. The van der Waals surface area contributed by atoms with Gasteiger partial charge in [0.05, 0.1) is 34.9 Å². The number of hydrogen-bond acceptors (Lipinski definition) is 6. The molecule has 2 aromatic rings. The van der Waals surface area contributed by atoms with Gasteiger partial charge in [-0.25, -0.2) is 4.39 Å². The molecule has 2 aromatic carbocycles. The second-order valence-electron chi connectivity index (χ2n) is 5.33. The number of esters is 1. The summed E-state index contributed by atoms with van der Waals surface area (Å²) in [6, 6.07) is 7.38. The Morgan fingerprint density at radius 1 is 0.885 bits per heavy atom. The standard InChI is InChI=1S/C19H21FO6/c1-22-15-6-5-14(20)10-13(15)11-26-18(21)9-12-7-16(23-2)19(25-4)17(8-12)24-3/h5-8,10H,9,11H2,1-4H3. The first-order valence-electron chi connectivity index (χ1n) is 7.79. The van der Waals surface area contributed by atoms with E-state index >= 15 is 0 Å². The number of ether oxygens (including phenoxy) is 5. The third-order valence-corrected chi connectivity index (χ3v) is 3.70. The van der Waals surface area contributed by atoms with Crippen LogP contribution in [0.4, 0.5) is 4.39 Å². The molecular formula is C19H21FO6. The van der Waals surface area contributed by atoms with E-state index in [0.29, 0.717) is 34.1 Å². The lowest BCUT2D eigenvalue weighted by Crippen LogP contribution is -2.09. The van der Waals surface area contributed by atoms with Gasteiger partial charge in [0.2, 0.25) is 5.75 Å². The van der Waals surface area contributed by atoms with Crippen molar-refractivity contribution in [3.05, 3.63) is 47.3 Å². The average molecular weight is 364 g/mol. The lowest BCUT2D eigenvalue weighted by molar-refractivity contribution is -0.144. The highest BCUT2D eigenvalue weighted by Crippen LogP contribution is 2.38. The Bertz CT molecular complexity index is 750. The smallest absolute Gasteiger partial charge is 0.310 e. The Kier molecular flexibility index (Phi) is 6.66. The van der Waals surface area contributed by atoms with Gasteiger partial charge in [-0.15, -0.1) is 0 Å². The number of halogens is 1. The van der Waals surface area contributed by atoms with E-state index < -0.39 is 11.8 Å². The van der Waals surface area contributed by atoms with Crippen LogP contribution in [0.5, 0.6) is 23.0 Å². The van der Waals surface area contributed by atoms with Gasteiger partial charge in [0.15, 0.2) is 11.5 Å². The molecule has 0 amide bonds. The molecule has 0 heterocycles. The molecule has 0 radical (unpaired) electrons. The second kappa shape index (κ2) is 8.94. The topological polar surface area (TPSA) is 63.2 Å². The fourth-order valence-electron chi connectivity index (χ4n) is 2.47. The number of carbonyl (C=O) groups excluding carboxylic acids is 1. The van der Waals surface area contributed by atoms with Gasteiger partial charge in [0.25, 0.3) is 0 Å². The van der Waals surface area contributed by atoms with Crippen molar-refractivity contribution in [1.82, 2.24) is 0 Å². The summed E-state index contributed by atoms with van der Waals surface area (Å²) in [6.07, 6.45) is -0.00561. The summed E-state index contributed by atoms with van der Waals surface area (Å²) in [5.41, 5.74) is 1.08. The van der Waals surface area contributed by atoms with Crippen LogP contribution in [0.2, 0.25) is 0 Å². The van der Waals surface area contributed by atoms with Gasteiger partial charge in [-0.05, 0) is 35.9 Å². The zero-order chi connectivity index (χ0) is 19.1. The van der Waals surface area contributed by atoms with Crippen LogP contribution in [0.3, 0.4) is 0 Å². The normalized spacial score (nSPS) is 10.2. The number of hydrogen-bond donors (Lipinski definition) is 0. The molecule has 0 aromatic heterocycles. The predicted molar refractivity (Wildman–Crippen MR) is 92.6 cm³/mol. The molecule has 0 saturated carbocycles. The molecule has 0 N–H and O–H groups in total. The zero-order valence-corrected chi connectivity index (χ0v) is 15.1. The summed E-state index contributed by atoms with van der Waals surface area (Å²) in [7, 11) is 5.96. The highest BCUT2D eigenvalue weighted by molar-refractivity contribution is 5.73. The summed E-state index contributed by atoms with van der Waals surface area (Å²) < 4.78 is 39.5. The van der Waals surface area contributed by atoms with E-state index in [9.17, 15) is 9.18 Å². The van der Waals surface area contributed by atoms with Gasteiger partial charge in [0.1, 0.15) is 18.2 Å². The van der Waals surface area contributed by atoms with Crippen molar-refractivity contribution in [3.63, 3.8) is 0 Å². The van der Waals surface area contributed by atoms with Crippen LogP contribution in [-0.4, -0.2) is 34.4 Å². The van der Waals surface area contributed by atoms with Crippen molar-refractivity contribution >= 4 is 5.97 Å². The quantitative estimate of drug-likeness (QED) is 0.671. The molecule has 7 heteroatoms. The molecule has 0 saturated heterocycles. The maximum absolute atomic E-state index is 13.4. The summed E-state index contributed by atoms with van der Waals surface area (Å²) in [4.78, 5) is 12.2. The lowest BCUT2D eigenvalue weighted by Gasteiger charge is -2.14. The third kappa shape index (κ3) is 4.56. The van der Waals surface area contributed by atoms with Crippen LogP contribution in [0, 0.1) is 5.82 Å². The monoisotopic (exact) mass is 364 g/mol. The number of methoxy groups -OCH3 is 4. The van der Waals surface area contributed by atoms with Crippen molar-refractivity contribution in [2.75, 3.05) is 28.4 Å². The first kappa shape index (κ1) is 19.4. The minimum Gasteiger partial charge on any atom is -0.496 e. The molecule has 26 heavy (non-hydrogen) atoms. The molecule has 6 nitrogen and oxygen atoms in total. The van der Waals surface area contributed by atoms with Gasteiger partial charge < -0.3 is 23.7 Å². The van der Waals surface area contributed by atoms with Crippen LogP contribution in [-0.2, 0) is 22.6 Å². The molecule has 2 rings (SSSR count). The summed E-state index contributed by atoms with van der Waals surface area (Å²) in [5, 5.41) is 0. The van der Waals surface area contributed by atoms with Gasteiger partial charge in [-0.2, -0.15) is 0 Å². The Morgan fingerprint density at radius 3 is 2.04 bits per heavy atom. The van der Waals surface area contributed by atoms with E-state index in [-0.39, 0.29) is 13.0 Å². The summed E-state index contributed by atoms with van der Waals surface area (Å²) in [6.45, 7) is -0.0931. The van der Waals surface area contributed by atoms with Crippen LogP contribution < -0.4 is 18.9 Å². The van der Waals surface area contributed by atoms with Crippen LogP contribution in [0.15, 0.2) is 30.3 Å². The van der Waals surface area contributed by atoms with Crippen molar-refractivity contribution < 1.29 is 32.9 Å². The Balaban J connectivity index is 2.09. The van der Waals surface area contributed by atoms with E-state index in [4.69, 9.17) is 23.7 Å². The van der Waals surface area contributed by atoms with Crippen molar-refractivity contribution in [2.45, 2.75) is 13.0 Å². The van der Waals surface area contributed by atoms with Crippen molar-refractivity contribution in [1.29, 1.82) is 0 Å². The molecule has 0 fully saturated rings. The third-order valence-electron chi connectivity index (χ3n) is 3.70. The fourth-order valence-corrected chi connectivity index (χ4v) is 2.47. The molecular weight excluding hydrogens is 343 g/mol. The minimum absolute atomic E-state index is 0.00561. The van der Waals surface area contributed by atoms with Gasteiger partial charge >= 0.3 is 5.97 Å². The molecule has 140 valence electrons. The van der Waals surface area contributed by atoms with E-state index in [1.165, 1.54) is 46.6 Å². The Hall–Kier alpha value is -2.96. The van der Waals surface area contributed by atoms with Crippen molar-refractivity contribution in [3.8, 4) is 23.0 Å². The predicted octanol–water partition coefficient (Wildman–Crippen LogP) is 3.15. The van der Waals surface area contributed by atoms with E-state index in [1.54, 1.807) is 12.1 Å². The largest absolute Gasteiger partial charge is 0.496 e. The van der Waals surface area contributed by atoms with Crippen LogP contribution in [0.25, 0.3) is 0 Å². The SMILES string of the molecule is COc1ccc(F)cc1COC(=O)Cc1cc(OC)c(OC)c(OC)c1. The maximum Gasteiger partial charge on any atom is 0.310 e. The Labute approximate surface area is 151 Å². The highest BCUT2D eigenvalue weighted by atomic mass is 19.1. The first-order valence-corrected chi connectivity index (χ1v) is 7.79. The van der Waals surface area contributed by atoms with Crippen LogP contribution in [0.1, 0.15) is 11.1 Å². The van der Waals surface area contributed by atoms with Gasteiger partial charge in [-0.1, -0.05) is 0 Å². The number of rotatable bonds is 8. The number of carbonyl (C=O) groups is 1. The van der Waals surface area contributed by atoms with Crippen LogP contribution >= 0.6 is 0 Å². The molecule has 0 unspecified atom stereocenters. The molecule has 0 spiro atoms. The van der Waals surface area contributed by atoms with E-state index in [2.05, 4.69) is 0 Å². The molecule has 0 bridgehead atoms. The second-order valence-corrected chi connectivity index (χ2v) is 5.33. The highest BCUT2D eigenvalue weighted by Gasteiger charge is 2.16. The fraction of sp³-hybridized carbons (Fsp3) is 0.316. The van der Waals surface area contributed by atoms with E-state index in [1.807, 2.05) is 0 Å². The van der Waals surface area contributed by atoms with Gasteiger partial charge in [-0.3, -0.25) is 4.79 Å². The molecule has 0 aliphatic carbocycles. The first-order chi connectivity index (χ1) is 12.5. The minimum atomic E-state index is -0.481. The van der Waals surface area contributed by atoms with Crippen molar-refractivity contribution in [2.24, 2.45) is 0 Å². The summed E-state index contributed by atoms with van der Waals surface area (Å²) in [5.74, 6) is 0.874. The maximum atomic E-state index is 13.4. The van der Waals surface area contributed by atoms with Gasteiger partial charge in [0, 0.05) is 5.56 Å². The Morgan fingerprint density at radius 2 is 1.50 bits per heavy atom. The van der Waals surface area contributed by atoms with E-state index in [0.717, 1.165) is 0 Å². The average Bonchev–Trinajstić information content (AvgIpc) is 2.65. The molecule has 0 atom stereocenters. The zero-order valence-electron chi connectivity index (χ0n) is 15.1. The lowest BCUT2D eigenvalue weighted by atomic mass is 10.1. The molecule has 0 aliphatic heterocycles.